The zero-order valence-electron chi connectivity index (χ0n) is 10.8. The van der Waals surface area contributed by atoms with E-state index in [0.29, 0.717) is 17.0 Å². The van der Waals surface area contributed by atoms with Crippen molar-refractivity contribution >= 4 is 5.78 Å². The van der Waals surface area contributed by atoms with Crippen LogP contribution in [0.4, 0.5) is 4.39 Å². The molecule has 0 radical (unpaired) electrons. The molecule has 3 heteroatoms. The molecule has 0 unspecified atom stereocenters. The van der Waals surface area contributed by atoms with Crippen LogP contribution in [-0.2, 0) is 0 Å². The fourth-order valence-electron chi connectivity index (χ4n) is 2.69. The van der Waals surface area contributed by atoms with Gasteiger partial charge in [-0.25, -0.2) is 4.39 Å². The van der Waals surface area contributed by atoms with Crippen LogP contribution in [0.2, 0.25) is 0 Å². The van der Waals surface area contributed by atoms with E-state index in [2.05, 4.69) is 0 Å². The first-order valence-corrected chi connectivity index (χ1v) is 6.62. The van der Waals surface area contributed by atoms with Gasteiger partial charge in [-0.2, -0.15) is 0 Å². The molecule has 0 aliphatic heterocycles. The van der Waals surface area contributed by atoms with Gasteiger partial charge in [0.1, 0.15) is 5.82 Å². The van der Waals surface area contributed by atoms with Crippen LogP contribution in [0.1, 0.15) is 41.6 Å². The van der Waals surface area contributed by atoms with Crippen molar-refractivity contribution in [3.63, 3.8) is 0 Å². The molecule has 0 heterocycles. The minimum absolute atomic E-state index is 0.0951. The van der Waals surface area contributed by atoms with Gasteiger partial charge in [-0.15, -0.1) is 0 Å². The molecule has 0 amide bonds. The number of nitrogens with two attached hydrogens (primary N) is 1. The van der Waals surface area contributed by atoms with E-state index in [9.17, 15) is 9.18 Å². The van der Waals surface area contributed by atoms with Crippen molar-refractivity contribution < 1.29 is 9.18 Å². The van der Waals surface area contributed by atoms with Crippen molar-refractivity contribution in [2.75, 3.05) is 6.54 Å². The van der Waals surface area contributed by atoms with Gasteiger partial charge in [-0.3, -0.25) is 4.79 Å². The van der Waals surface area contributed by atoms with Gasteiger partial charge in [-0.05, 0) is 68.8 Å². The van der Waals surface area contributed by atoms with E-state index >= 15 is 0 Å². The van der Waals surface area contributed by atoms with Gasteiger partial charge in [0.25, 0.3) is 0 Å². The summed E-state index contributed by atoms with van der Waals surface area (Å²) in [4.78, 5) is 12.3. The number of hydrogen-bond acceptors (Lipinski definition) is 2. The van der Waals surface area contributed by atoms with Gasteiger partial charge in [-0.1, -0.05) is 0 Å². The molecular weight excluding hydrogens is 229 g/mol. The molecular formula is C15H20FNO. The summed E-state index contributed by atoms with van der Waals surface area (Å²) >= 11 is 0. The molecule has 1 aromatic rings. The number of halogens is 1. The first kappa shape index (κ1) is 13.2. The normalized spacial score (nSPS) is 23.9. The van der Waals surface area contributed by atoms with Crippen molar-refractivity contribution in [2.45, 2.75) is 32.6 Å². The summed E-state index contributed by atoms with van der Waals surface area (Å²) in [5, 5.41) is 0. The summed E-state index contributed by atoms with van der Waals surface area (Å²) < 4.78 is 13.2. The van der Waals surface area contributed by atoms with Crippen LogP contribution in [0, 0.1) is 24.6 Å². The fourth-order valence-corrected chi connectivity index (χ4v) is 2.69. The lowest BCUT2D eigenvalue weighted by Crippen LogP contribution is -2.25. The molecule has 0 atom stereocenters. The maximum Gasteiger partial charge on any atom is 0.165 e. The number of rotatable bonds is 3. The number of benzene rings is 1. The van der Waals surface area contributed by atoms with Crippen molar-refractivity contribution in [3.05, 3.63) is 35.1 Å². The molecule has 1 aromatic carbocycles. The minimum Gasteiger partial charge on any atom is -0.330 e. The number of carbonyl (C=O) groups excluding carboxylic acids is 1. The van der Waals surface area contributed by atoms with Gasteiger partial charge in [0.05, 0.1) is 0 Å². The zero-order valence-corrected chi connectivity index (χ0v) is 10.8. The second kappa shape index (κ2) is 5.61. The molecule has 1 saturated carbocycles. The van der Waals surface area contributed by atoms with Crippen molar-refractivity contribution in [3.8, 4) is 0 Å². The Balaban J connectivity index is 2.05. The first-order valence-electron chi connectivity index (χ1n) is 6.62. The van der Waals surface area contributed by atoms with Crippen molar-refractivity contribution in [2.24, 2.45) is 17.6 Å². The smallest absolute Gasteiger partial charge is 0.165 e. The third-order valence-corrected chi connectivity index (χ3v) is 3.99. The van der Waals surface area contributed by atoms with Crippen molar-refractivity contribution in [1.29, 1.82) is 0 Å². The molecule has 1 aliphatic rings. The summed E-state index contributed by atoms with van der Waals surface area (Å²) in [5.74, 6) is 0.577. The highest BCUT2D eigenvalue weighted by Gasteiger charge is 2.26. The number of aryl methyl sites for hydroxylation is 1. The third-order valence-electron chi connectivity index (χ3n) is 3.99. The van der Waals surface area contributed by atoms with E-state index in [0.717, 1.165) is 32.2 Å². The molecule has 0 spiro atoms. The highest BCUT2D eigenvalue weighted by Crippen LogP contribution is 2.30. The summed E-state index contributed by atoms with van der Waals surface area (Å²) in [7, 11) is 0. The Labute approximate surface area is 107 Å². The molecule has 0 aromatic heterocycles. The molecule has 1 aliphatic carbocycles. The van der Waals surface area contributed by atoms with Crippen LogP contribution >= 0.6 is 0 Å². The topological polar surface area (TPSA) is 43.1 Å². The van der Waals surface area contributed by atoms with Crippen LogP contribution in [0.15, 0.2) is 18.2 Å². The lowest BCUT2D eigenvalue weighted by atomic mass is 9.78. The highest BCUT2D eigenvalue weighted by molar-refractivity contribution is 5.98. The fraction of sp³-hybridized carbons (Fsp3) is 0.533. The van der Waals surface area contributed by atoms with E-state index in [1.807, 2.05) is 0 Å². The predicted molar refractivity (Wildman–Crippen MR) is 70.0 cm³/mol. The van der Waals surface area contributed by atoms with E-state index in [4.69, 9.17) is 5.73 Å². The van der Waals surface area contributed by atoms with E-state index in [1.54, 1.807) is 19.1 Å². The Morgan fingerprint density at radius 1 is 1.33 bits per heavy atom. The number of Topliss-reactive ketones (excluding diaryl/α,β-unsaturated/α-hetero) is 1. The lowest BCUT2D eigenvalue weighted by molar-refractivity contribution is 0.0873. The Kier molecular flexibility index (Phi) is 4.12. The minimum atomic E-state index is -0.251. The quantitative estimate of drug-likeness (QED) is 0.836. The second-order valence-corrected chi connectivity index (χ2v) is 5.28. The molecule has 2 N–H and O–H groups in total. The monoisotopic (exact) mass is 249 g/mol. The predicted octanol–water partition coefficient (Wildman–Crippen LogP) is 3.08. The largest absolute Gasteiger partial charge is 0.330 e. The van der Waals surface area contributed by atoms with Gasteiger partial charge in [0.2, 0.25) is 0 Å². The Morgan fingerprint density at radius 2 is 2.00 bits per heavy atom. The maximum atomic E-state index is 13.2. The Hall–Kier alpha value is -1.22. The lowest BCUT2D eigenvalue weighted by Gasteiger charge is -2.26. The number of hydrogen-bond donors (Lipinski definition) is 1. The highest BCUT2D eigenvalue weighted by atomic mass is 19.1. The molecule has 2 rings (SSSR count). The van der Waals surface area contributed by atoms with E-state index in [1.165, 1.54) is 6.07 Å². The SMILES string of the molecule is Cc1cc(C(=O)C2CCC(CN)CC2)ccc1F. The first-order chi connectivity index (χ1) is 8.61. The summed E-state index contributed by atoms with van der Waals surface area (Å²) in [5.41, 5.74) is 6.83. The average Bonchev–Trinajstić information content (AvgIpc) is 2.41. The van der Waals surface area contributed by atoms with Crippen LogP contribution in [0.5, 0.6) is 0 Å². The molecule has 2 nitrogen and oxygen atoms in total. The maximum absolute atomic E-state index is 13.2. The van der Waals surface area contributed by atoms with Gasteiger partial charge in [0.15, 0.2) is 5.78 Å². The average molecular weight is 249 g/mol. The summed E-state index contributed by atoms with van der Waals surface area (Å²) in [6.45, 7) is 2.41. The molecule has 98 valence electrons. The van der Waals surface area contributed by atoms with Gasteiger partial charge >= 0.3 is 0 Å². The summed E-state index contributed by atoms with van der Waals surface area (Å²) in [6, 6.07) is 4.64. The van der Waals surface area contributed by atoms with E-state index in [-0.39, 0.29) is 17.5 Å². The van der Waals surface area contributed by atoms with Crippen LogP contribution < -0.4 is 5.73 Å². The zero-order chi connectivity index (χ0) is 13.1. The standard InChI is InChI=1S/C15H20FNO/c1-10-8-13(6-7-14(10)16)15(18)12-4-2-11(9-17)3-5-12/h6-8,11-12H,2-5,9,17H2,1H3. The molecule has 1 fully saturated rings. The van der Waals surface area contributed by atoms with Crippen LogP contribution in [0.25, 0.3) is 0 Å². The van der Waals surface area contributed by atoms with E-state index < -0.39 is 0 Å². The summed E-state index contributed by atoms with van der Waals surface area (Å²) in [6.07, 6.45) is 3.90. The van der Waals surface area contributed by atoms with Crippen LogP contribution in [-0.4, -0.2) is 12.3 Å². The Bertz CT molecular complexity index is 436. The number of ketones is 1. The van der Waals surface area contributed by atoms with Crippen LogP contribution in [0.3, 0.4) is 0 Å². The number of carbonyl (C=O) groups is 1. The van der Waals surface area contributed by atoms with Gasteiger partial charge in [0, 0.05) is 11.5 Å². The molecule has 0 bridgehead atoms. The van der Waals surface area contributed by atoms with Crippen molar-refractivity contribution in [1.82, 2.24) is 0 Å². The van der Waals surface area contributed by atoms with Gasteiger partial charge < -0.3 is 5.73 Å². The molecule has 0 saturated heterocycles. The second-order valence-electron chi connectivity index (χ2n) is 5.28. The molecule has 18 heavy (non-hydrogen) atoms. The third kappa shape index (κ3) is 2.78. The Morgan fingerprint density at radius 3 is 2.56 bits per heavy atom.